The van der Waals surface area contributed by atoms with E-state index in [0.717, 1.165) is 44.4 Å². The first-order valence-corrected chi connectivity index (χ1v) is 12.1. The van der Waals surface area contributed by atoms with E-state index in [1.807, 2.05) is 36.5 Å². The zero-order chi connectivity index (χ0) is 23.6. The van der Waals surface area contributed by atoms with Gasteiger partial charge in [-0.2, -0.15) is 0 Å². The summed E-state index contributed by atoms with van der Waals surface area (Å²) in [6.45, 7) is 0. The summed E-state index contributed by atoms with van der Waals surface area (Å²) in [7, 11) is 0. The third-order valence-corrected chi connectivity index (χ3v) is 7.22. The van der Waals surface area contributed by atoms with Gasteiger partial charge in [-0.25, -0.2) is 4.98 Å². The van der Waals surface area contributed by atoms with Crippen LogP contribution < -0.4 is 0 Å². The molecule has 0 fully saturated rings. The van der Waals surface area contributed by atoms with Gasteiger partial charge in [0, 0.05) is 34.3 Å². The average molecular weight is 461 g/mol. The zero-order valence-electron chi connectivity index (χ0n) is 19.3. The van der Waals surface area contributed by atoms with Gasteiger partial charge in [-0.1, -0.05) is 84.9 Å². The highest BCUT2D eigenvalue weighted by Crippen LogP contribution is 2.44. The van der Waals surface area contributed by atoms with E-state index in [9.17, 15) is 0 Å². The van der Waals surface area contributed by atoms with Crippen LogP contribution in [0.2, 0.25) is 0 Å². The van der Waals surface area contributed by atoms with Crippen molar-refractivity contribution in [2.45, 2.75) is 0 Å². The second-order valence-electron chi connectivity index (χ2n) is 9.25. The molecule has 5 aromatic carbocycles. The summed E-state index contributed by atoms with van der Waals surface area (Å²) < 4.78 is 8.60. The molecular weight excluding hydrogens is 440 g/mol. The molecule has 0 aliphatic rings. The Hall–Kier alpha value is -4.89. The van der Waals surface area contributed by atoms with Crippen LogP contribution in [-0.4, -0.2) is 9.38 Å². The van der Waals surface area contributed by atoms with Crippen molar-refractivity contribution in [2.24, 2.45) is 0 Å². The lowest BCUT2D eigenvalue weighted by molar-refractivity contribution is 0.670. The molecule has 0 saturated carbocycles. The minimum Gasteiger partial charge on any atom is -0.455 e. The predicted octanol–water partition coefficient (Wildman–Crippen LogP) is 8.87. The molecule has 0 radical (unpaired) electrons. The lowest BCUT2D eigenvalue weighted by Crippen LogP contribution is -1.88. The maximum absolute atomic E-state index is 6.53. The molecule has 8 aromatic rings. The monoisotopic (exact) mass is 460 g/mol. The van der Waals surface area contributed by atoms with Gasteiger partial charge in [-0.3, -0.25) is 0 Å². The normalized spacial score (nSPS) is 11.9. The van der Waals surface area contributed by atoms with Crippen LogP contribution in [0.15, 0.2) is 126 Å². The van der Waals surface area contributed by atoms with E-state index in [-0.39, 0.29) is 0 Å². The first kappa shape index (κ1) is 19.4. The molecule has 0 N–H and O–H groups in total. The van der Waals surface area contributed by atoms with Crippen molar-refractivity contribution in [1.82, 2.24) is 9.38 Å². The van der Waals surface area contributed by atoms with Crippen LogP contribution in [0.5, 0.6) is 0 Å². The van der Waals surface area contributed by atoms with Crippen molar-refractivity contribution in [3.63, 3.8) is 0 Å². The highest BCUT2D eigenvalue weighted by molar-refractivity contribution is 6.21. The van der Waals surface area contributed by atoms with Crippen LogP contribution in [0.4, 0.5) is 0 Å². The van der Waals surface area contributed by atoms with Gasteiger partial charge in [0.1, 0.15) is 16.8 Å². The summed E-state index contributed by atoms with van der Waals surface area (Å²) >= 11 is 0. The number of aromatic nitrogens is 2. The third kappa shape index (κ3) is 2.71. The molecule has 0 aliphatic carbocycles. The minimum atomic E-state index is 0.912. The van der Waals surface area contributed by atoms with Crippen molar-refractivity contribution in [1.29, 1.82) is 0 Å². The molecule has 8 rings (SSSR count). The number of hydrogen-bond donors (Lipinski definition) is 0. The van der Waals surface area contributed by atoms with E-state index < -0.39 is 0 Å². The number of hydrogen-bond acceptors (Lipinski definition) is 2. The number of pyridine rings is 1. The standard InChI is InChI=1S/C33H20N2O/c1-2-10-22-21(9-1)19-28-26-13-5-6-14-30(26)36-33(28)32(22)27-17-16-25(23-11-3-4-12-24(23)27)29-20-35-18-8-7-15-31(35)34-29/h1-20H. The van der Waals surface area contributed by atoms with Gasteiger partial charge in [-0.15, -0.1) is 0 Å². The molecule has 0 amide bonds. The molecule has 3 aromatic heterocycles. The highest BCUT2D eigenvalue weighted by Gasteiger charge is 2.19. The summed E-state index contributed by atoms with van der Waals surface area (Å²) in [5, 5.41) is 7.05. The fourth-order valence-electron chi connectivity index (χ4n) is 5.60. The van der Waals surface area contributed by atoms with Gasteiger partial charge in [0.15, 0.2) is 0 Å². The molecule has 3 nitrogen and oxygen atoms in total. The maximum atomic E-state index is 6.53. The van der Waals surface area contributed by atoms with Crippen LogP contribution in [0.3, 0.4) is 0 Å². The fraction of sp³-hybridized carbons (Fsp3) is 0. The van der Waals surface area contributed by atoms with Crippen LogP contribution in [-0.2, 0) is 0 Å². The maximum Gasteiger partial charge on any atom is 0.143 e. The second-order valence-corrected chi connectivity index (χ2v) is 9.25. The van der Waals surface area contributed by atoms with Crippen LogP contribution in [0.1, 0.15) is 0 Å². The molecule has 168 valence electrons. The number of furan rings is 1. The van der Waals surface area contributed by atoms with Crippen LogP contribution in [0, 0.1) is 0 Å². The largest absolute Gasteiger partial charge is 0.455 e. The Balaban J connectivity index is 1.49. The smallest absolute Gasteiger partial charge is 0.143 e. The van der Waals surface area contributed by atoms with Crippen molar-refractivity contribution >= 4 is 49.1 Å². The Morgan fingerprint density at radius 1 is 0.583 bits per heavy atom. The summed E-state index contributed by atoms with van der Waals surface area (Å²) in [5.74, 6) is 0. The molecule has 0 saturated heterocycles. The molecule has 0 bridgehead atoms. The van der Waals surface area contributed by atoms with Gasteiger partial charge < -0.3 is 8.82 Å². The first-order chi connectivity index (χ1) is 17.8. The number of rotatable bonds is 2. The van der Waals surface area contributed by atoms with Gasteiger partial charge in [-0.05, 0) is 51.4 Å². The molecule has 36 heavy (non-hydrogen) atoms. The molecular formula is C33H20N2O. The minimum absolute atomic E-state index is 0.912. The van der Waals surface area contributed by atoms with E-state index >= 15 is 0 Å². The number of benzene rings is 5. The molecule has 3 heterocycles. The van der Waals surface area contributed by atoms with Gasteiger partial charge in [0.2, 0.25) is 0 Å². The Morgan fingerprint density at radius 3 is 2.14 bits per heavy atom. The van der Waals surface area contributed by atoms with E-state index in [1.54, 1.807) is 0 Å². The summed E-state index contributed by atoms with van der Waals surface area (Å²) in [4.78, 5) is 4.91. The highest BCUT2D eigenvalue weighted by atomic mass is 16.3. The van der Waals surface area contributed by atoms with Gasteiger partial charge >= 0.3 is 0 Å². The topological polar surface area (TPSA) is 30.4 Å². The van der Waals surface area contributed by atoms with Gasteiger partial charge in [0.05, 0.1) is 5.69 Å². The Kier molecular flexibility index (Phi) is 3.94. The molecule has 3 heteroatoms. The van der Waals surface area contributed by atoms with E-state index in [4.69, 9.17) is 9.40 Å². The van der Waals surface area contributed by atoms with Crippen molar-refractivity contribution < 1.29 is 4.42 Å². The molecule has 0 spiro atoms. The summed E-state index contributed by atoms with van der Waals surface area (Å²) in [6.07, 6.45) is 4.14. The number of para-hydroxylation sites is 1. The zero-order valence-corrected chi connectivity index (χ0v) is 19.3. The fourth-order valence-corrected chi connectivity index (χ4v) is 5.60. The molecule has 0 aliphatic heterocycles. The molecule has 0 unspecified atom stereocenters. The van der Waals surface area contributed by atoms with E-state index in [1.165, 1.54) is 27.1 Å². The number of nitrogens with zero attached hydrogens (tertiary/aromatic N) is 2. The summed E-state index contributed by atoms with van der Waals surface area (Å²) in [5.41, 5.74) is 7.18. The Labute approximate surface area is 206 Å². The Morgan fingerprint density at radius 2 is 1.28 bits per heavy atom. The lowest BCUT2D eigenvalue weighted by atomic mass is 9.90. The number of imidazole rings is 1. The summed E-state index contributed by atoms with van der Waals surface area (Å²) in [6, 6.07) is 38.3. The predicted molar refractivity (Wildman–Crippen MR) is 148 cm³/mol. The van der Waals surface area contributed by atoms with E-state index in [0.29, 0.717) is 0 Å². The third-order valence-electron chi connectivity index (χ3n) is 7.22. The number of fused-ring (bicyclic) bond motifs is 6. The molecule has 0 atom stereocenters. The van der Waals surface area contributed by atoms with E-state index in [2.05, 4.69) is 89.5 Å². The van der Waals surface area contributed by atoms with Crippen LogP contribution >= 0.6 is 0 Å². The van der Waals surface area contributed by atoms with Gasteiger partial charge in [0.25, 0.3) is 0 Å². The van der Waals surface area contributed by atoms with Crippen molar-refractivity contribution in [3.8, 4) is 22.4 Å². The quantitative estimate of drug-likeness (QED) is 0.258. The first-order valence-electron chi connectivity index (χ1n) is 12.1. The SMILES string of the molecule is c1ccc2c(-c3ccc(-c4cn5ccccc5n4)c4ccccc34)c3oc4ccccc4c3cc2c1. The van der Waals surface area contributed by atoms with Crippen molar-refractivity contribution in [3.05, 3.63) is 122 Å². The second kappa shape index (κ2) is 7.30. The van der Waals surface area contributed by atoms with Crippen LogP contribution in [0.25, 0.3) is 71.5 Å². The average Bonchev–Trinajstić information content (AvgIpc) is 3.53. The lowest BCUT2D eigenvalue weighted by Gasteiger charge is -2.13. The Bertz CT molecular complexity index is 2080. The van der Waals surface area contributed by atoms with Crippen molar-refractivity contribution in [2.75, 3.05) is 0 Å².